The Labute approximate surface area is 68.6 Å². The van der Waals surface area contributed by atoms with Crippen LogP contribution in [0.3, 0.4) is 0 Å². The average Bonchev–Trinajstić information content (AvgIpc) is 1.99. The van der Waals surface area contributed by atoms with E-state index < -0.39 is 0 Å². The van der Waals surface area contributed by atoms with E-state index in [9.17, 15) is 4.79 Å². The van der Waals surface area contributed by atoms with Crippen LogP contribution in [0.1, 0.15) is 26.2 Å². The highest BCUT2D eigenvalue weighted by Crippen LogP contribution is 1.90. The minimum Gasteiger partial charge on any atom is -0.355 e. The molecule has 0 aromatic carbocycles. The number of carbonyl (C=O) groups excluding carboxylic acids is 1. The Hall–Kier alpha value is -0.570. The normalized spacial score (nSPS) is 9.64. The molecule has 0 bridgehead atoms. The van der Waals surface area contributed by atoms with Gasteiger partial charge >= 0.3 is 0 Å². The Morgan fingerprint density at radius 1 is 1.36 bits per heavy atom. The summed E-state index contributed by atoms with van der Waals surface area (Å²) < 4.78 is 0. The molecule has 0 heterocycles. The molecule has 0 radical (unpaired) electrons. The van der Waals surface area contributed by atoms with E-state index in [0.717, 1.165) is 13.0 Å². The largest absolute Gasteiger partial charge is 0.355 e. The summed E-state index contributed by atoms with van der Waals surface area (Å²) in [4.78, 5) is 10.8. The summed E-state index contributed by atoms with van der Waals surface area (Å²) in [5, 5.41) is 5.61. The summed E-state index contributed by atoms with van der Waals surface area (Å²) in [6.07, 6.45) is 3.48. The molecule has 3 nitrogen and oxygen atoms in total. The van der Waals surface area contributed by atoms with Gasteiger partial charge in [0.2, 0.25) is 5.91 Å². The number of unbranched alkanes of at least 4 members (excludes halogenated alkanes) is 2. The quantitative estimate of drug-likeness (QED) is 0.553. The lowest BCUT2D eigenvalue weighted by molar-refractivity contribution is -0.120. The molecule has 0 saturated carbocycles. The lowest BCUT2D eigenvalue weighted by atomic mass is 10.2. The average molecular weight is 158 g/mol. The molecule has 0 saturated heterocycles. The molecule has 0 unspecified atom stereocenters. The summed E-state index contributed by atoms with van der Waals surface area (Å²) in [6, 6.07) is 0. The Morgan fingerprint density at radius 3 is 2.64 bits per heavy atom. The van der Waals surface area contributed by atoms with Gasteiger partial charge in [0.1, 0.15) is 0 Å². The van der Waals surface area contributed by atoms with E-state index in [-0.39, 0.29) is 5.91 Å². The third kappa shape index (κ3) is 7.33. The highest BCUT2D eigenvalue weighted by Gasteiger charge is 1.95. The molecule has 0 aliphatic carbocycles. The zero-order chi connectivity index (χ0) is 8.53. The van der Waals surface area contributed by atoms with Gasteiger partial charge in [0.15, 0.2) is 0 Å². The van der Waals surface area contributed by atoms with E-state index >= 15 is 0 Å². The van der Waals surface area contributed by atoms with Crippen molar-refractivity contribution in [1.29, 1.82) is 0 Å². The zero-order valence-electron chi connectivity index (χ0n) is 7.44. The summed E-state index contributed by atoms with van der Waals surface area (Å²) in [6.45, 7) is 3.38. The Morgan fingerprint density at radius 2 is 2.09 bits per heavy atom. The molecule has 0 atom stereocenters. The van der Waals surface area contributed by atoms with Crippen molar-refractivity contribution in [3.8, 4) is 0 Å². The minimum atomic E-state index is 0.0867. The lowest BCUT2D eigenvalue weighted by Gasteiger charge is -2.02. The molecule has 66 valence electrons. The van der Waals surface area contributed by atoms with Crippen molar-refractivity contribution in [3.05, 3.63) is 0 Å². The standard InChI is InChI=1S/C8H18N2O/c1-3-4-5-6-10-8(11)7-9-2/h9H,3-7H2,1-2H3,(H,10,11). The first-order chi connectivity index (χ1) is 5.31. The van der Waals surface area contributed by atoms with Crippen LogP contribution in [0.5, 0.6) is 0 Å². The minimum absolute atomic E-state index is 0.0867. The second kappa shape index (κ2) is 7.54. The second-order valence-electron chi connectivity index (χ2n) is 2.59. The van der Waals surface area contributed by atoms with E-state index in [4.69, 9.17) is 0 Å². The summed E-state index contributed by atoms with van der Waals surface area (Å²) in [5.41, 5.74) is 0. The number of hydrogen-bond donors (Lipinski definition) is 2. The lowest BCUT2D eigenvalue weighted by Crippen LogP contribution is -2.32. The molecule has 0 fully saturated rings. The molecular formula is C8H18N2O. The highest BCUT2D eigenvalue weighted by atomic mass is 16.1. The van der Waals surface area contributed by atoms with Crippen LogP contribution < -0.4 is 10.6 Å². The van der Waals surface area contributed by atoms with Gasteiger partial charge in [-0.1, -0.05) is 19.8 Å². The first kappa shape index (κ1) is 10.4. The van der Waals surface area contributed by atoms with Crippen molar-refractivity contribution in [2.75, 3.05) is 20.1 Å². The van der Waals surface area contributed by atoms with E-state index in [2.05, 4.69) is 17.6 Å². The van der Waals surface area contributed by atoms with Crippen LogP contribution in [-0.4, -0.2) is 26.0 Å². The highest BCUT2D eigenvalue weighted by molar-refractivity contribution is 5.77. The molecule has 0 aliphatic rings. The van der Waals surface area contributed by atoms with E-state index in [1.54, 1.807) is 7.05 Å². The van der Waals surface area contributed by atoms with Crippen LogP contribution in [-0.2, 0) is 4.79 Å². The van der Waals surface area contributed by atoms with E-state index in [1.165, 1.54) is 12.8 Å². The van der Waals surface area contributed by atoms with Crippen LogP contribution >= 0.6 is 0 Å². The third-order valence-electron chi connectivity index (χ3n) is 1.44. The molecule has 0 aliphatic heterocycles. The van der Waals surface area contributed by atoms with Crippen molar-refractivity contribution in [3.63, 3.8) is 0 Å². The van der Waals surface area contributed by atoms with Gasteiger partial charge in [0, 0.05) is 6.54 Å². The molecule has 0 spiro atoms. The van der Waals surface area contributed by atoms with Gasteiger partial charge in [-0.15, -0.1) is 0 Å². The molecule has 1 amide bonds. The van der Waals surface area contributed by atoms with Crippen LogP contribution in [0, 0.1) is 0 Å². The van der Waals surface area contributed by atoms with Crippen molar-refractivity contribution < 1.29 is 4.79 Å². The van der Waals surface area contributed by atoms with Gasteiger partial charge in [0.25, 0.3) is 0 Å². The van der Waals surface area contributed by atoms with E-state index in [0.29, 0.717) is 6.54 Å². The molecule has 0 aromatic rings. The Balaban J connectivity index is 3.04. The molecule has 2 N–H and O–H groups in total. The SMILES string of the molecule is CCCCCNC(=O)CNC. The van der Waals surface area contributed by atoms with Crippen molar-refractivity contribution in [1.82, 2.24) is 10.6 Å². The summed E-state index contributed by atoms with van der Waals surface area (Å²) >= 11 is 0. The van der Waals surface area contributed by atoms with Crippen LogP contribution in [0.4, 0.5) is 0 Å². The number of rotatable bonds is 6. The fourth-order valence-corrected chi connectivity index (χ4v) is 0.826. The third-order valence-corrected chi connectivity index (χ3v) is 1.44. The molecule has 0 aromatic heterocycles. The van der Waals surface area contributed by atoms with Crippen LogP contribution in [0.2, 0.25) is 0 Å². The van der Waals surface area contributed by atoms with Gasteiger partial charge in [0.05, 0.1) is 6.54 Å². The van der Waals surface area contributed by atoms with Gasteiger partial charge in [-0.25, -0.2) is 0 Å². The molecule has 0 rings (SSSR count). The first-order valence-electron chi connectivity index (χ1n) is 4.22. The smallest absolute Gasteiger partial charge is 0.233 e. The second-order valence-corrected chi connectivity index (χ2v) is 2.59. The number of carbonyl (C=O) groups is 1. The summed E-state index contributed by atoms with van der Waals surface area (Å²) in [5.74, 6) is 0.0867. The van der Waals surface area contributed by atoms with Crippen molar-refractivity contribution in [2.24, 2.45) is 0 Å². The predicted octanol–water partition coefficient (Wildman–Crippen LogP) is 0.512. The molecule has 3 heteroatoms. The van der Waals surface area contributed by atoms with Gasteiger partial charge in [-0.2, -0.15) is 0 Å². The molecular weight excluding hydrogens is 140 g/mol. The first-order valence-corrected chi connectivity index (χ1v) is 4.22. The predicted molar refractivity (Wildman–Crippen MR) is 46.5 cm³/mol. The van der Waals surface area contributed by atoms with E-state index in [1.807, 2.05) is 0 Å². The fourth-order valence-electron chi connectivity index (χ4n) is 0.826. The monoisotopic (exact) mass is 158 g/mol. The number of hydrogen-bond acceptors (Lipinski definition) is 2. The number of nitrogens with one attached hydrogen (secondary N) is 2. The summed E-state index contributed by atoms with van der Waals surface area (Å²) in [7, 11) is 1.77. The Bertz CT molecular complexity index is 104. The Kier molecular flexibility index (Phi) is 7.15. The van der Waals surface area contributed by atoms with Gasteiger partial charge < -0.3 is 10.6 Å². The van der Waals surface area contributed by atoms with Crippen LogP contribution in [0.15, 0.2) is 0 Å². The topological polar surface area (TPSA) is 41.1 Å². The zero-order valence-corrected chi connectivity index (χ0v) is 7.44. The maximum absolute atomic E-state index is 10.8. The van der Waals surface area contributed by atoms with Crippen molar-refractivity contribution in [2.45, 2.75) is 26.2 Å². The number of amides is 1. The maximum Gasteiger partial charge on any atom is 0.233 e. The fraction of sp³-hybridized carbons (Fsp3) is 0.875. The van der Waals surface area contributed by atoms with Gasteiger partial charge in [-0.05, 0) is 13.5 Å². The maximum atomic E-state index is 10.8. The van der Waals surface area contributed by atoms with Gasteiger partial charge in [-0.3, -0.25) is 4.79 Å². The van der Waals surface area contributed by atoms with Crippen LogP contribution in [0.25, 0.3) is 0 Å². The molecule has 11 heavy (non-hydrogen) atoms. The van der Waals surface area contributed by atoms with Crippen molar-refractivity contribution >= 4 is 5.91 Å². The number of likely N-dealkylation sites (N-methyl/N-ethyl adjacent to an activating group) is 1.